The van der Waals surface area contributed by atoms with Crippen LogP contribution in [-0.4, -0.2) is 29.1 Å². The van der Waals surface area contributed by atoms with Crippen LogP contribution in [0.2, 0.25) is 0 Å². The maximum absolute atomic E-state index is 11.3. The zero-order valence-electron chi connectivity index (χ0n) is 8.42. The molecule has 0 saturated carbocycles. The quantitative estimate of drug-likeness (QED) is 0.645. The Kier molecular flexibility index (Phi) is 2.20. The molecule has 0 amide bonds. The van der Waals surface area contributed by atoms with Gasteiger partial charge in [-0.3, -0.25) is 0 Å². The van der Waals surface area contributed by atoms with E-state index < -0.39 is 11.0 Å². The Hall–Kier alpha value is -0.900. The Bertz CT molecular complexity index is 266. The topological polar surface area (TPSA) is 58.9 Å². The number of ether oxygens (including phenoxy) is 1. The average molecular weight is 185 g/mol. The molecule has 1 rings (SSSR count). The highest BCUT2D eigenvalue weighted by molar-refractivity contribution is 6.01. The summed E-state index contributed by atoms with van der Waals surface area (Å²) in [5.74, 6) is -0.0333. The number of carbonyl (C=O) groups is 1. The van der Waals surface area contributed by atoms with Gasteiger partial charge in [0.1, 0.15) is 0 Å². The lowest BCUT2D eigenvalue weighted by molar-refractivity contribution is -0.138. The molecule has 0 aromatic rings. The van der Waals surface area contributed by atoms with Gasteiger partial charge < -0.3 is 9.84 Å². The van der Waals surface area contributed by atoms with Crippen LogP contribution in [0.5, 0.6) is 0 Å². The average Bonchev–Trinajstić information content (AvgIpc) is 2.28. The Balaban J connectivity index is 2.94. The Morgan fingerprint density at radius 3 is 2.38 bits per heavy atom. The first-order chi connectivity index (χ1) is 5.79. The van der Waals surface area contributed by atoms with E-state index in [9.17, 15) is 4.79 Å². The number of hydrogen-bond acceptors (Lipinski definition) is 4. The fraction of sp³-hybridized carbons (Fsp3) is 0.778. The number of hydrogen-bond donors (Lipinski definition) is 1. The summed E-state index contributed by atoms with van der Waals surface area (Å²) in [4.78, 5) is 15.4. The lowest BCUT2D eigenvalue weighted by Gasteiger charge is -2.19. The Labute approximate surface area is 77.6 Å². The smallest absolute Gasteiger partial charge is 0.340 e. The van der Waals surface area contributed by atoms with Crippen molar-refractivity contribution in [1.29, 1.82) is 0 Å². The second-order valence-electron chi connectivity index (χ2n) is 4.41. The molecular formula is C9H15NO3. The maximum atomic E-state index is 11.3. The second-order valence-corrected chi connectivity index (χ2v) is 4.41. The predicted molar refractivity (Wildman–Crippen MR) is 48.5 cm³/mol. The zero-order valence-corrected chi connectivity index (χ0v) is 8.42. The van der Waals surface area contributed by atoms with Crippen LogP contribution in [-0.2, 0) is 9.53 Å². The van der Waals surface area contributed by atoms with E-state index in [4.69, 9.17) is 9.84 Å². The summed E-state index contributed by atoms with van der Waals surface area (Å²) < 4.78 is 4.98. The SMILES string of the molecule is CC(C)(CO)C1=NC(C)(C)C(=O)O1. The van der Waals surface area contributed by atoms with E-state index in [1.807, 2.05) is 0 Å². The van der Waals surface area contributed by atoms with Gasteiger partial charge in [-0.05, 0) is 27.7 Å². The molecule has 74 valence electrons. The largest absolute Gasteiger partial charge is 0.409 e. The van der Waals surface area contributed by atoms with Gasteiger partial charge in [-0.25, -0.2) is 9.79 Å². The van der Waals surface area contributed by atoms with Crippen molar-refractivity contribution >= 4 is 11.9 Å². The van der Waals surface area contributed by atoms with E-state index in [2.05, 4.69) is 4.99 Å². The molecule has 0 radical (unpaired) electrons. The van der Waals surface area contributed by atoms with E-state index in [0.717, 1.165) is 0 Å². The minimum absolute atomic E-state index is 0.0881. The minimum Gasteiger partial charge on any atom is -0.409 e. The summed E-state index contributed by atoms with van der Waals surface area (Å²) in [6.45, 7) is 6.85. The highest BCUT2D eigenvalue weighted by atomic mass is 16.6. The first kappa shape index (κ1) is 10.2. The molecule has 4 heteroatoms. The van der Waals surface area contributed by atoms with Crippen molar-refractivity contribution in [2.75, 3.05) is 6.61 Å². The number of nitrogens with zero attached hydrogens (tertiary/aromatic N) is 1. The summed E-state index contributed by atoms with van der Waals surface area (Å²) in [6.07, 6.45) is 0. The van der Waals surface area contributed by atoms with Gasteiger partial charge in [0.25, 0.3) is 0 Å². The Morgan fingerprint density at radius 1 is 1.54 bits per heavy atom. The molecule has 0 bridgehead atoms. The monoisotopic (exact) mass is 185 g/mol. The van der Waals surface area contributed by atoms with Gasteiger partial charge in [-0.2, -0.15) is 0 Å². The van der Waals surface area contributed by atoms with Crippen molar-refractivity contribution in [3.05, 3.63) is 0 Å². The minimum atomic E-state index is -0.804. The van der Waals surface area contributed by atoms with Gasteiger partial charge in [0.2, 0.25) is 5.90 Å². The molecule has 0 aromatic heterocycles. The van der Waals surface area contributed by atoms with Crippen LogP contribution < -0.4 is 0 Å². The molecule has 1 aliphatic rings. The Morgan fingerprint density at radius 2 is 2.08 bits per heavy atom. The highest BCUT2D eigenvalue weighted by Crippen LogP contribution is 2.28. The van der Waals surface area contributed by atoms with Crippen LogP contribution in [0.4, 0.5) is 0 Å². The predicted octanol–water partition coefficient (Wildman–Crippen LogP) is 0.739. The molecule has 0 atom stereocenters. The fourth-order valence-corrected chi connectivity index (χ4v) is 0.892. The van der Waals surface area contributed by atoms with Gasteiger partial charge in [-0.1, -0.05) is 0 Å². The van der Waals surface area contributed by atoms with Gasteiger partial charge in [0.15, 0.2) is 5.54 Å². The van der Waals surface area contributed by atoms with E-state index in [0.29, 0.717) is 5.90 Å². The standard InChI is InChI=1S/C9H15NO3/c1-8(2,5-11)6-10-9(3,4)7(12)13-6/h11H,5H2,1-4H3. The number of esters is 1. The normalized spacial score (nSPS) is 21.3. The summed E-state index contributed by atoms with van der Waals surface area (Å²) >= 11 is 0. The second kappa shape index (κ2) is 2.80. The van der Waals surface area contributed by atoms with Crippen molar-refractivity contribution in [3.8, 4) is 0 Å². The summed E-state index contributed by atoms with van der Waals surface area (Å²) in [7, 11) is 0. The molecule has 0 fully saturated rings. The van der Waals surface area contributed by atoms with Crippen LogP contribution in [0.25, 0.3) is 0 Å². The van der Waals surface area contributed by atoms with Gasteiger partial charge in [-0.15, -0.1) is 0 Å². The maximum Gasteiger partial charge on any atom is 0.340 e. The number of carbonyl (C=O) groups excluding carboxylic acids is 1. The first-order valence-electron chi connectivity index (χ1n) is 4.23. The summed E-state index contributed by atoms with van der Waals surface area (Å²) in [6, 6.07) is 0. The van der Waals surface area contributed by atoms with Crippen LogP contribution in [0.1, 0.15) is 27.7 Å². The van der Waals surface area contributed by atoms with E-state index in [1.165, 1.54) is 0 Å². The zero-order chi connectivity index (χ0) is 10.3. The molecule has 0 spiro atoms. The van der Waals surface area contributed by atoms with Crippen LogP contribution >= 0.6 is 0 Å². The number of aliphatic hydroxyl groups is 1. The molecule has 13 heavy (non-hydrogen) atoms. The first-order valence-corrected chi connectivity index (χ1v) is 4.23. The molecule has 0 aliphatic carbocycles. The van der Waals surface area contributed by atoms with Crippen molar-refractivity contribution < 1.29 is 14.6 Å². The highest BCUT2D eigenvalue weighted by Gasteiger charge is 2.42. The van der Waals surface area contributed by atoms with Gasteiger partial charge in [0.05, 0.1) is 12.0 Å². The lowest BCUT2D eigenvalue weighted by Crippen LogP contribution is -2.29. The van der Waals surface area contributed by atoms with Gasteiger partial charge in [0, 0.05) is 0 Å². The van der Waals surface area contributed by atoms with Gasteiger partial charge >= 0.3 is 5.97 Å². The molecule has 0 aromatic carbocycles. The van der Waals surface area contributed by atoms with Crippen LogP contribution in [0, 0.1) is 5.41 Å². The van der Waals surface area contributed by atoms with Crippen LogP contribution in [0.15, 0.2) is 4.99 Å². The molecule has 1 heterocycles. The number of cyclic esters (lactones) is 1. The number of aliphatic imine (C=N–C) groups is 1. The van der Waals surface area contributed by atoms with Crippen molar-refractivity contribution in [2.24, 2.45) is 10.4 Å². The van der Waals surface area contributed by atoms with Crippen molar-refractivity contribution in [1.82, 2.24) is 0 Å². The molecule has 0 saturated heterocycles. The van der Waals surface area contributed by atoms with Crippen molar-refractivity contribution in [2.45, 2.75) is 33.2 Å². The molecule has 4 nitrogen and oxygen atoms in total. The third kappa shape index (κ3) is 1.72. The third-order valence-electron chi connectivity index (χ3n) is 2.04. The molecule has 1 N–H and O–H groups in total. The van der Waals surface area contributed by atoms with E-state index in [-0.39, 0.29) is 12.6 Å². The number of rotatable bonds is 2. The van der Waals surface area contributed by atoms with Crippen LogP contribution in [0.3, 0.4) is 0 Å². The third-order valence-corrected chi connectivity index (χ3v) is 2.04. The number of aliphatic hydroxyl groups excluding tert-OH is 1. The fourth-order valence-electron chi connectivity index (χ4n) is 0.892. The van der Waals surface area contributed by atoms with Crippen molar-refractivity contribution in [3.63, 3.8) is 0 Å². The summed E-state index contributed by atoms with van der Waals surface area (Å²) in [5.41, 5.74) is -1.38. The molecule has 0 unspecified atom stereocenters. The van der Waals surface area contributed by atoms with E-state index >= 15 is 0 Å². The summed E-state index contributed by atoms with van der Waals surface area (Å²) in [5, 5.41) is 9.04. The molecule has 1 aliphatic heterocycles. The lowest BCUT2D eigenvalue weighted by atomic mass is 9.95. The molecular weight excluding hydrogens is 170 g/mol. The van der Waals surface area contributed by atoms with E-state index in [1.54, 1.807) is 27.7 Å².